The van der Waals surface area contributed by atoms with Gasteiger partial charge in [-0.25, -0.2) is 17.5 Å². The van der Waals surface area contributed by atoms with Crippen molar-refractivity contribution < 1.29 is 27.8 Å². The van der Waals surface area contributed by atoms with E-state index in [1.54, 1.807) is 0 Å². The summed E-state index contributed by atoms with van der Waals surface area (Å²) in [6, 6.07) is 14.2. The summed E-state index contributed by atoms with van der Waals surface area (Å²) in [5, 5.41) is 20.4. The van der Waals surface area contributed by atoms with Gasteiger partial charge >= 0.3 is 0 Å². The number of nitrogens with zero attached hydrogens (tertiary/aromatic N) is 2. The van der Waals surface area contributed by atoms with Gasteiger partial charge in [-0.3, -0.25) is 4.90 Å². The van der Waals surface area contributed by atoms with Gasteiger partial charge < -0.3 is 19.8 Å². The third-order valence-electron chi connectivity index (χ3n) is 6.10. The number of benzene rings is 2. The van der Waals surface area contributed by atoms with E-state index in [2.05, 4.69) is 26.7 Å². The maximum atomic E-state index is 13.1. The van der Waals surface area contributed by atoms with Crippen molar-refractivity contribution in [2.75, 3.05) is 44.2 Å². The number of hydrogen-bond acceptors (Lipinski definition) is 7. The lowest BCUT2D eigenvalue weighted by Crippen LogP contribution is -2.57. The van der Waals surface area contributed by atoms with Crippen molar-refractivity contribution in [2.24, 2.45) is 0 Å². The van der Waals surface area contributed by atoms with Crippen LogP contribution in [0.25, 0.3) is 0 Å². The highest BCUT2D eigenvalue weighted by molar-refractivity contribution is 7.89. The fourth-order valence-electron chi connectivity index (χ4n) is 4.40. The highest BCUT2D eigenvalue weighted by atomic mass is 32.2. The number of halogens is 1. The minimum Gasteiger partial charge on any atom is -0.394 e. The van der Waals surface area contributed by atoms with Crippen molar-refractivity contribution in [2.45, 2.75) is 29.2 Å². The van der Waals surface area contributed by atoms with Crippen LogP contribution >= 0.6 is 0 Å². The lowest BCUT2D eigenvalue weighted by molar-refractivity contribution is -0.0201. The van der Waals surface area contributed by atoms with E-state index in [-0.39, 0.29) is 18.0 Å². The molecule has 0 aliphatic carbocycles. The molecule has 0 amide bonds. The topological polar surface area (TPSA) is 102 Å². The molecule has 2 saturated heterocycles. The van der Waals surface area contributed by atoms with Crippen molar-refractivity contribution in [1.29, 1.82) is 0 Å². The number of aliphatic hydroxyl groups excluding tert-OH is 2. The standard InChI is InChI=1S/C22H28FN3O5S/c23-16-6-8-18(9-7-16)32(29,30)24-14-19-21(22(28)20(15-27)31-19)26-12-10-25(11-13-26)17-4-2-1-3-5-17/h1-9,19-22,24,27-28H,10-15H2/t19-,20+,21-,22-/m1/s1. The Morgan fingerprint density at radius 2 is 1.66 bits per heavy atom. The first-order valence-electron chi connectivity index (χ1n) is 10.6. The molecule has 0 saturated carbocycles. The van der Waals surface area contributed by atoms with Crippen LogP contribution in [0.1, 0.15) is 0 Å². The fourth-order valence-corrected chi connectivity index (χ4v) is 5.45. The molecule has 0 bridgehead atoms. The first kappa shape index (κ1) is 23.1. The SMILES string of the molecule is O=S(=O)(NC[C@H]1O[C@@H](CO)[C@@H](O)[C@@H]1N1CCN(c2ccccc2)CC1)c1ccc(F)cc1. The van der Waals surface area contributed by atoms with E-state index in [1.807, 2.05) is 18.2 Å². The summed E-state index contributed by atoms with van der Waals surface area (Å²) in [6.07, 6.45) is -2.36. The average Bonchev–Trinajstić information content (AvgIpc) is 3.14. The summed E-state index contributed by atoms with van der Waals surface area (Å²) >= 11 is 0. The van der Waals surface area contributed by atoms with Crippen LogP contribution in [-0.2, 0) is 14.8 Å². The molecule has 0 radical (unpaired) electrons. The molecule has 2 heterocycles. The zero-order valence-electron chi connectivity index (χ0n) is 17.5. The molecule has 2 aromatic carbocycles. The summed E-state index contributed by atoms with van der Waals surface area (Å²) in [5.41, 5.74) is 1.13. The minimum absolute atomic E-state index is 0.0517. The quantitative estimate of drug-likeness (QED) is 0.545. The van der Waals surface area contributed by atoms with Crippen molar-refractivity contribution >= 4 is 15.7 Å². The van der Waals surface area contributed by atoms with Crippen LogP contribution in [0.4, 0.5) is 10.1 Å². The molecule has 4 rings (SSSR count). The number of hydrogen-bond donors (Lipinski definition) is 3. The van der Waals surface area contributed by atoms with Gasteiger partial charge in [-0.05, 0) is 36.4 Å². The molecular weight excluding hydrogens is 437 g/mol. The van der Waals surface area contributed by atoms with E-state index >= 15 is 0 Å². The van der Waals surface area contributed by atoms with E-state index in [1.165, 1.54) is 12.1 Å². The molecule has 2 fully saturated rings. The smallest absolute Gasteiger partial charge is 0.240 e. The van der Waals surface area contributed by atoms with E-state index < -0.39 is 40.2 Å². The van der Waals surface area contributed by atoms with Gasteiger partial charge in [-0.1, -0.05) is 18.2 Å². The Labute approximate surface area is 187 Å². The zero-order chi connectivity index (χ0) is 22.7. The molecule has 2 aliphatic rings. The normalized spacial score (nSPS) is 27.0. The van der Waals surface area contributed by atoms with Crippen molar-refractivity contribution in [3.8, 4) is 0 Å². The number of nitrogens with one attached hydrogen (secondary N) is 1. The molecule has 32 heavy (non-hydrogen) atoms. The van der Waals surface area contributed by atoms with Gasteiger partial charge in [0.1, 0.15) is 18.0 Å². The summed E-state index contributed by atoms with van der Waals surface area (Å²) in [4.78, 5) is 4.30. The summed E-state index contributed by atoms with van der Waals surface area (Å²) in [5.74, 6) is -0.522. The van der Waals surface area contributed by atoms with Crippen molar-refractivity contribution in [1.82, 2.24) is 9.62 Å². The van der Waals surface area contributed by atoms with Crippen LogP contribution in [0.5, 0.6) is 0 Å². The Morgan fingerprint density at radius 3 is 2.28 bits per heavy atom. The monoisotopic (exact) mass is 465 g/mol. The maximum absolute atomic E-state index is 13.1. The first-order chi connectivity index (χ1) is 15.4. The number of para-hydroxylation sites is 1. The Kier molecular flexibility index (Phi) is 7.08. The van der Waals surface area contributed by atoms with E-state index in [4.69, 9.17) is 4.74 Å². The second kappa shape index (κ2) is 9.82. The van der Waals surface area contributed by atoms with Gasteiger partial charge in [0.25, 0.3) is 0 Å². The first-order valence-corrected chi connectivity index (χ1v) is 12.1. The molecule has 174 valence electrons. The highest BCUT2D eigenvalue weighted by Gasteiger charge is 2.47. The Hall–Kier alpha value is -2.08. The zero-order valence-corrected chi connectivity index (χ0v) is 18.4. The van der Waals surface area contributed by atoms with Crippen LogP contribution in [0.3, 0.4) is 0 Å². The Bertz CT molecular complexity index is 984. The third kappa shape index (κ3) is 4.95. The van der Waals surface area contributed by atoms with Crippen LogP contribution in [-0.4, -0.2) is 87.2 Å². The number of rotatable bonds is 7. The van der Waals surface area contributed by atoms with Crippen LogP contribution < -0.4 is 9.62 Å². The van der Waals surface area contributed by atoms with E-state index in [0.717, 1.165) is 30.9 Å². The number of anilines is 1. The molecule has 0 unspecified atom stereocenters. The van der Waals surface area contributed by atoms with Crippen LogP contribution in [0.2, 0.25) is 0 Å². The summed E-state index contributed by atoms with van der Waals surface area (Å²) < 4.78 is 46.6. The maximum Gasteiger partial charge on any atom is 0.240 e. The molecule has 3 N–H and O–H groups in total. The Balaban J connectivity index is 1.42. The second-order valence-electron chi connectivity index (χ2n) is 8.04. The van der Waals surface area contributed by atoms with Gasteiger partial charge in [0.2, 0.25) is 10.0 Å². The number of piperazine rings is 1. The molecule has 0 spiro atoms. The lowest BCUT2D eigenvalue weighted by Gasteiger charge is -2.41. The second-order valence-corrected chi connectivity index (χ2v) is 9.81. The molecule has 4 atom stereocenters. The lowest BCUT2D eigenvalue weighted by atomic mass is 10.0. The predicted molar refractivity (Wildman–Crippen MR) is 117 cm³/mol. The fraction of sp³-hybridized carbons (Fsp3) is 0.455. The van der Waals surface area contributed by atoms with Crippen molar-refractivity contribution in [3.05, 3.63) is 60.4 Å². The average molecular weight is 466 g/mol. The van der Waals surface area contributed by atoms with E-state index in [9.17, 15) is 23.0 Å². The largest absolute Gasteiger partial charge is 0.394 e. The summed E-state index contributed by atoms with van der Waals surface area (Å²) in [6.45, 7) is 2.41. The van der Waals surface area contributed by atoms with Gasteiger partial charge in [-0.15, -0.1) is 0 Å². The molecule has 2 aromatic rings. The molecule has 8 nitrogen and oxygen atoms in total. The molecule has 2 aliphatic heterocycles. The van der Waals surface area contributed by atoms with E-state index in [0.29, 0.717) is 13.1 Å². The predicted octanol–water partition coefficient (Wildman–Crippen LogP) is 0.415. The van der Waals surface area contributed by atoms with Gasteiger partial charge in [0.15, 0.2) is 0 Å². The molecule has 10 heteroatoms. The number of aliphatic hydroxyl groups is 2. The third-order valence-corrected chi connectivity index (χ3v) is 7.54. The number of sulfonamides is 1. The van der Waals surface area contributed by atoms with Crippen molar-refractivity contribution in [3.63, 3.8) is 0 Å². The van der Waals surface area contributed by atoms with Crippen LogP contribution in [0.15, 0.2) is 59.5 Å². The molecule has 0 aromatic heterocycles. The van der Waals surface area contributed by atoms with Gasteiger partial charge in [0.05, 0.1) is 23.6 Å². The Morgan fingerprint density at radius 1 is 1.00 bits per heavy atom. The summed E-state index contributed by atoms with van der Waals surface area (Å²) in [7, 11) is -3.87. The molecular formula is C22H28FN3O5S. The van der Waals surface area contributed by atoms with Crippen LogP contribution in [0, 0.1) is 5.82 Å². The van der Waals surface area contributed by atoms with Gasteiger partial charge in [0, 0.05) is 38.4 Å². The minimum atomic E-state index is -3.87. The van der Waals surface area contributed by atoms with Gasteiger partial charge in [-0.2, -0.15) is 0 Å². The number of ether oxygens (including phenoxy) is 1. The highest BCUT2D eigenvalue weighted by Crippen LogP contribution is 2.28.